The van der Waals surface area contributed by atoms with Gasteiger partial charge in [-0.25, -0.2) is 0 Å². The molecule has 1 heterocycles. The third-order valence-electron chi connectivity index (χ3n) is 2.99. The van der Waals surface area contributed by atoms with Crippen LogP contribution in [0.1, 0.15) is 10.4 Å². The maximum Gasteiger partial charge on any atom is 0.255 e. The number of amides is 2. The molecule has 102 valence electrons. The Kier molecular flexibility index (Phi) is 4.59. The second-order valence-electron chi connectivity index (χ2n) is 4.25. The van der Waals surface area contributed by atoms with Crippen LogP contribution < -0.4 is 11.1 Å². The molecule has 1 saturated heterocycles. The van der Waals surface area contributed by atoms with Crippen LogP contribution in [0.15, 0.2) is 27.1 Å². The number of hydrogen-bond acceptors (Lipinski definition) is 3. The van der Waals surface area contributed by atoms with Gasteiger partial charge in [-0.15, -0.1) is 0 Å². The van der Waals surface area contributed by atoms with Crippen molar-refractivity contribution in [3.8, 4) is 0 Å². The molecule has 0 aromatic heterocycles. The predicted octanol–water partition coefficient (Wildman–Crippen LogP) is 1.11. The van der Waals surface area contributed by atoms with Gasteiger partial charge in [0.25, 0.3) is 5.91 Å². The lowest BCUT2D eigenvalue weighted by atomic mass is 10.1. The molecule has 0 aliphatic carbocycles. The minimum absolute atomic E-state index is 0.190. The maximum atomic E-state index is 12.5. The van der Waals surface area contributed by atoms with Crippen molar-refractivity contribution in [1.82, 2.24) is 10.2 Å². The summed E-state index contributed by atoms with van der Waals surface area (Å²) in [6.45, 7) is 1.52. The fourth-order valence-electron chi connectivity index (χ4n) is 2.02. The molecule has 0 saturated carbocycles. The normalized spacial score (nSPS) is 19.3. The van der Waals surface area contributed by atoms with E-state index in [2.05, 4.69) is 37.2 Å². The molecular weight excluding hydrogens is 378 g/mol. The van der Waals surface area contributed by atoms with E-state index in [9.17, 15) is 9.59 Å². The third-order valence-corrected chi connectivity index (χ3v) is 4.14. The number of benzene rings is 1. The van der Waals surface area contributed by atoms with Gasteiger partial charge in [0, 0.05) is 28.6 Å². The molecule has 2 rings (SSSR count). The Morgan fingerprint density at radius 2 is 2.11 bits per heavy atom. The van der Waals surface area contributed by atoms with Crippen LogP contribution in [0.4, 0.5) is 0 Å². The van der Waals surface area contributed by atoms with Crippen molar-refractivity contribution >= 4 is 43.7 Å². The molecule has 3 N–H and O–H groups in total. The average molecular weight is 391 g/mol. The first-order valence-electron chi connectivity index (χ1n) is 5.76. The van der Waals surface area contributed by atoms with Crippen molar-refractivity contribution in [2.75, 3.05) is 19.6 Å². The molecule has 7 heteroatoms. The van der Waals surface area contributed by atoms with E-state index in [1.54, 1.807) is 18.2 Å². The first-order chi connectivity index (χ1) is 9.00. The zero-order valence-electron chi connectivity index (χ0n) is 10.0. The molecule has 0 spiro atoms. The van der Waals surface area contributed by atoms with Crippen LogP contribution in [0.3, 0.4) is 0 Å². The van der Waals surface area contributed by atoms with Gasteiger partial charge in [0.2, 0.25) is 5.91 Å². The van der Waals surface area contributed by atoms with Gasteiger partial charge in [-0.2, -0.15) is 0 Å². The highest BCUT2D eigenvalue weighted by atomic mass is 79.9. The summed E-state index contributed by atoms with van der Waals surface area (Å²) >= 11 is 6.70. The van der Waals surface area contributed by atoms with E-state index >= 15 is 0 Å². The molecule has 1 unspecified atom stereocenters. The van der Waals surface area contributed by atoms with Crippen LogP contribution in [0.2, 0.25) is 0 Å². The number of halogens is 2. The quantitative estimate of drug-likeness (QED) is 0.794. The number of piperazine rings is 1. The summed E-state index contributed by atoms with van der Waals surface area (Å²) in [5, 5.41) is 3.06. The fraction of sp³-hybridized carbons (Fsp3) is 0.333. The number of rotatable bonds is 2. The van der Waals surface area contributed by atoms with Crippen LogP contribution >= 0.6 is 31.9 Å². The highest BCUT2D eigenvalue weighted by Crippen LogP contribution is 2.24. The van der Waals surface area contributed by atoms with Gasteiger partial charge in [-0.3, -0.25) is 9.59 Å². The van der Waals surface area contributed by atoms with Gasteiger partial charge >= 0.3 is 0 Å². The minimum atomic E-state index is -0.600. The molecule has 0 bridgehead atoms. The van der Waals surface area contributed by atoms with Crippen LogP contribution in [0.5, 0.6) is 0 Å². The highest BCUT2D eigenvalue weighted by molar-refractivity contribution is 9.11. The predicted molar refractivity (Wildman–Crippen MR) is 78.7 cm³/mol. The van der Waals surface area contributed by atoms with Crippen molar-refractivity contribution in [3.63, 3.8) is 0 Å². The van der Waals surface area contributed by atoms with Crippen molar-refractivity contribution in [3.05, 3.63) is 32.7 Å². The topological polar surface area (TPSA) is 75.4 Å². The Hall–Kier alpha value is -0.920. The van der Waals surface area contributed by atoms with Crippen molar-refractivity contribution < 1.29 is 9.59 Å². The number of carbonyl (C=O) groups excluding carboxylic acids is 2. The number of primary amides is 1. The third kappa shape index (κ3) is 3.16. The first-order valence-corrected chi connectivity index (χ1v) is 7.35. The summed E-state index contributed by atoms with van der Waals surface area (Å²) in [5.74, 6) is -0.682. The van der Waals surface area contributed by atoms with E-state index in [0.717, 1.165) is 4.47 Å². The van der Waals surface area contributed by atoms with E-state index in [4.69, 9.17) is 5.73 Å². The zero-order chi connectivity index (χ0) is 14.0. The molecule has 1 fully saturated rings. The van der Waals surface area contributed by atoms with Gasteiger partial charge < -0.3 is 16.0 Å². The van der Waals surface area contributed by atoms with Gasteiger partial charge in [-0.05, 0) is 34.1 Å². The molecule has 5 nitrogen and oxygen atoms in total. The van der Waals surface area contributed by atoms with Crippen LogP contribution in [0.25, 0.3) is 0 Å². The largest absolute Gasteiger partial charge is 0.368 e. The number of nitrogens with zero attached hydrogens (tertiary/aromatic N) is 1. The summed E-state index contributed by atoms with van der Waals surface area (Å²) in [5.41, 5.74) is 5.87. The van der Waals surface area contributed by atoms with E-state index in [1.165, 1.54) is 4.90 Å². The average Bonchev–Trinajstić information content (AvgIpc) is 2.38. The summed E-state index contributed by atoms with van der Waals surface area (Å²) in [6.07, 6.45) is 0. The second-order valence-corrected chi connectivity index (χ2v) is 6.02. The SMILES string of the molecule is NC(=O)C1CNCCN1C(=O)c1ccc(Br)cc1Br. The highest BCUT2D eigenvalue weighted by Gasteiger charge is 2.31. The van der Waals surface area contributed by atoms with Gasteiger partial charge in [0.1, 0.15) is 6.04 Å². The Morgan fingerprint density at radius 3 is 2.74 bits per heavy atom. The second kappa shape index (κ2) is 6.02. The molecule has 1 aromatic carbocycles. The van der Waals surface area contributed by atoms with Crippen LogP contribution in [-0.4, -0.2) is 42.4 Å². The first kappa shape index (κ1) is 14.5. The lowest BCUT2D eigenvalue weighted by molar-refractivity contribution is -0.122. The van der Waals surface area contributed by atoms with E-state index in [0.29, 0.717) is 29.7 Å². The fourth-order valence-corrected chi connectivity index (χ4v) is 3.24. The Labute approximate surface area is 127 Å². The van der Waals surface area contributed by atoms with Crippen LogP contribution in [-0.2, 0) is 4.79 Å². The number of nitrogens with one attached hydrogen (secondary N) is 1. The minimum Gasteiger partial charge on any atom is -0.368 e. The maximum absolute atomic E-state index is 12.5. The van der Waals surface area contributed by atoms with E-state index in [-0.39, 0.29) is 5.91 Å². The molecule has 2 amide bonds. The number of carbonyl (C=O) groups is 2. The van der Waals surface area contributed by atoms with Crippen molar-refractivity contribution in [2.45, 2.75) is 6.04 Å². The number of hydrogen-bond donors (Lipinski definition) is 2. The lowest BCUT2D eigenvalue weighted by Crippen LogP contribution is -2.58. The summed E-state index contributed by atoms with van der Waals surface area (Å²) < 4.78 is 1.57. The summed E-state index contributed by atoms with van der Waals surface area (Å²) in [7, 11) is 0. The van der Waals surface area contributed by atoms with Crippen molar-refractivity contribution in [1.29, 1.82) is 0 Å². The zero-order valence-corrected chi connectivity index (χ0v) is 13.2. The van der Waals surface area contributed by atoms with Gasteiger partial charge in [-0.1, -0.05) is 15.9 Å². The summed E-state index contributed by atoms with van der Waals surface area (Å²) in [6, 6.07) is 4.71. The molecule has 1 atom stereocenters. The molecular formula is C12H13Br2N3O2. The Morgan fingerprint density at radius 1 is 1.37 bits per heavy atom. The molecule has 1 aliphatic heterocycles. The van der Waals surface area contributed by atoms with Crippen LogP contribution in [0, 0.1) is 0 Å². The Bertz CT molecular complexity index is 522. The Balaban J connectivity index is 2.28. The lowest BCUT2D eigenvalue weighted by Gasteiger charge is -2.34. The molecule has 19 heavy (non-hydrogen) atoms. The smallest absolute Gasteiger partial charge is 0.255 e. The van der Waals surface area contributed by atoms with Crippen molar-refractivity contribution in [2.24, 2.45) is 5.73 Å². The standard InChI is InChI=1S/C12H13Br2N3O2/c13-7-1-2-8(9(14)5-7)12(19)17-4-3-16-6-10(17)11(15)18/h1-2,5,10,16H,3-4,6H2,(H2,15,18). The van der Waals surface area contributed by atoms with E-state index in [1.807, 2.05) is 0 Å². The monoisotopic (exact) mass is 389 g/mol. The molecule has 1 aromatic rings. The van der Waals surface area contributed by atoms with Gasteiger partial charge in [0.05, 0.1) is 5.56 Å². The van der Waals surface area contributed by atoms with Gasteiger partial charge in [0.15, 0.2) is 0 Å². The molecule has 0 radical (unpaired) electrons. The number of nitrogens with two attached hydrogens (primary N) is 1. The molecule has 1 aliphatic rings. The summed E-state index contributed by atoms with van der Waals surface area (Å²) in [4.78, 5) is 25.4. The van der Waals surface area contributed by atoms with E-state index < -0.39 is 11.9 Å².